The number of aryl methyl sites for hydroxylation is 1. The minimum Gasteiger partial charge on any atom is -0.351 e. The van der Waals surface area contributed by atoms with Gasteiger partial charge in [-0.2, -0.15) is 0 Å². The summed E-state index contributed by atoms with van der Waals surface area (Å²) in [6, 6.07) is 14.9. The minimum atomic E-state index is -3.96. The van der Waals surface area contributed by atoms with Gasteiger partial charge in [-0.1, -0.05) is 35.3 Å². The maximum Gasteiger partial charge on any atom is 0.264 e. The summed E-state index contributed by atoms with van der Waals surface area (Å²) >= 11 is 12.1. The fraction of sp³-hybridized carbons (Fsp3) is 0.321. The summed E-state index contributed by atoms with van der Waals surface area (Å²) in [5, 5.41) is 4.55. The van der Waals surface area contributed by atoms with E-state index >= 15 is 0 Å². The molecule has 1 saturated carbocycles. The number of hydrogen-bond donors (Lipinski definition) is 2. The first kappa shape index (κ1) is 27.6. The van der Waals surface area contributed by atoms with Gasteiger partial charge in [0.2, 0.25) is 5.95 Å². The number of anilines is 2. The Balaban J connectivity index is 1.31. The third kappa shape index (κ3) is 6.11. The maximum atomic E-state index is 12.9. The summed E-state index contributed by atoms with van der Waals surface area (Å²) in [4.78, 5) is 16.0. The molecule has 0 amide bonds. The number of rotatable bonds is 7. The van der Waals surface area contributed by atoms with Gasteiger partial charge in [0.25, 0.3) is 10.0 Å². The van der Waals surface area contributed by atoms with Gasteiger partial charge in [0.15, 0.2) is 0 Å². The van der Waals surface area contributed by atoms with Crippen molar-refractivity contribution in [2.45, 2.75) is 49.6 Å². The third-order valence-electron chi connectivity index (χ3n) is 7.18. The van der Waals surface area contributed by atoms with Crippen molar-refractivity contribution in [1.82, 2.24) is 19.9 Å². The van der Waals surface area contributed by atoms with Crippen LogP contribution in [0.5, 0.6) is 0 Å². The smallest absolute Gasteiger partial charge is 0.264 e. The Kier molecular flexibility index (Phi) is 7.96. The molecule has 2 aromatic heterocycles. The fourth-order valence-corrected chi connectivity index (χ4v) is 6.76. The number of sulfonamides is 1. The van der Waals surface area contributed by atoms with Crippen molar-refractivity contribution >= 4 is 55.9 Å². The van der Waals surface area contributed by atoms with Crippen LogP contribution in [0, 0.1) is 6.92 Å². The molecule has 39 heavy (non-hydrogen) atoms. The molecule has 2 N–H and O–H groups in total. The number of nitrogens with zero attached hydrogens (tertiary/aromatic N) is 4. The lowest BCUT2D eigenvalue weighted by atomic mass is 9.91. The maximum absolute atomic E-state index is 12.9. The van der Waals surface area contributed by atoms with Crippen LogP contribution in [0.1, 0.15) is 31.4 Å². The van der Waals surface area contributed by atoms with E-state index in [0.29, 0.717) is 23.7 Å². The predicted molar refractivity (Wildman–Crippen MR) is 158 cm³/mol. The lowest BCUT2D eigenvalue weighted by molar-refractivity contribution is 0.221. The van der Waals surface area contributed by atoms with Gasteiger partial charge in [-0.3, -0.25) is 4.72 Å². The summed E-state index contributed by atoms with van der Waals surface area (Å²) in [5.74, 6) is 0.838. The summed E-state index contributed by atoms with van der Waals surface area (Å²) in [5.41, 5.74) is 3.33. The molecule has 0 saturated heterocycles. The fourth-order valence-electron chi connectivity index (χ4n) is 5.00. The molecule has 0 unspecified atom stereocenters. The Morgan fingerprint density at radius 3 is 2.46 bits per heavy atom. The minimum absolute atomic E-state index is 0.0338. The Morgan fingerprint density at radius 2 is 1.74 bits per heavy atom. The van der Waals surface area contributed by atoms with Gasteiger partial charge < -0.3 is 10.2 Å². The standard InChI is InChI=1S/C28H30Cl2N6O2S/c1-17-22(12-14-26(32-17)35-39(37,38)25-6-4-5-23(29)27(25)30)18-7-13-24-19(15-18)16-31-28(34-24)33-20-8-10-21(11-9-20)36(2)3/h4-7,12-16,20-21H,8-11H2,1-3H3,(H,32,35)(H,31,33,34). The molecular weight excluding hydrogens is 555 g/mol. The first-order chi connectivity index (χ1) is 18.6. The normalized spacial score (nSPS) is 17.9. The number of halogens is 2. The van der Waals surface area contributed by atoms with Crippen molar-refractivity contribution in [2.75, 3.05) is 24.1 Å². The predicted octanol–water partition coefficient (Wildman–Crippen LogP) is 6.39. The van der Waals surface area contributed by atoms with E-state index in [1.54, 1.807) is 6.07 Å². The van der Waals surface area contributed by atoms with E-state index < -0.39 is 10.0 Å². The Bertz CT molecular complexity index is 1620. The number of aromatic nitrogens is 3. The second-order valence-corrected chi connectivity index (χ2v) is 12.5. The average Bonchev–Trinajstić information content (AvgIpc) is 2.90. The highest BCUT2D eigenvalue weighted by Gasteiger charge is 2.23. The van der Waals surface area contributed by atoms with Crippen molar-refractivity contribution in [3.05, 3.63) is 70.5 Å². The first-order valence-corrected chi connectivity index (χ1v) is 15.0. The zero-order valence-electron chi connectivity index (χ0n) is 21.9. The summed E-state index contributed by atoms with van der Waals surface area (Å²) < 4.78 is 28.2. The van der Waals surface area contributed by atoms with Crippen LogP contribution in [0.15, 0.2) is 59.6 Å². The van der Waals surface area contributed by atoms with E-state index in [9.17, 15) is 8.42 Å². The van der Waals surface area contributed by atoms with Gasteiger partial charge in [-0.25, -0.2) is 23.4 Å². The molecule has 0 atom stereocenters. The van der Waals surface area contributed by atoms with Crippen LogP contribution < -0.4 is 10.0 Å². The molecule has 204 valence electrons. The highest BCUT2D eigenvalue weighted by Crippen LogP contribution is 2.31. The molecule has 1 aliphatic carbocycles. The number of nitrogens with one attached hydrogen (secondary N) is 2. The molecule has 8 nitrogen and oxygen atoms in total. The van der Waals surface area contributed by atoms with Crippen molar-refractivity contribution in [2.24, 2.45) is 0 Å². The van der Waals surface area contributed by atoms with Crippen LogP contribution in [0.2, 0.25) is 10.0 Å². The van der Waals surface area contributed by atoms with E-state index in [-0.39, 0.29) is 20.8 Å². The second-order valence-electron chi connectivity index (χ2n) is 10.1. The topological polar surface area (TPSA) is 100 Å². The highest BCUT2D eigenvalue weighted by molar-refractivity contribution is 7.92. The third-order valence-corrected chi connectivity index (χ3v) is 9.51. The van der Waals surface area contributed by atoms with Crippen molar-refractivity contribution < 1.29 is 8.42 Å². The zero-order chi connectivity index (χ0) is 27.7. The monoisotopic (exact) mass is 584 g/mol. The molecule has 5 rings (SSSR count). The van der Waals surface area contributed by atoms with E-state index in [4.69, 9.17) is 28.2 Å². The largest absolute Gasteiger partial charge is 0.351 e. The summed E-state index contributed by atoms with van der Waals surface area (Å²) in [7, 11) is 0.324. The van der Waals surface area contributed by atoms with E-state index in [2.05, 4.69) is 39.0 Å². The van der Waals surface area contributed by atoms with Crippen LogP contribution in [-0.4, -0.2) is 54.4 Å². The highest BCUT2D eigenvalue weighted by atomic mass is 35.5. The van der Waals surface area contributed by atoms with Gasteiger partial charge in [0.05, 0.1) is 15.6 Å². The molecule has 1 fully saturated rings. The van der Waals surface area contributed by atoms with Gasteiger partial charge in [-0.15, -0.1) is 0 Å². The van der Waals surface area contributed by atoms with Crippen LogP contribution in [-0.2, 0) is 10.0 Å². The van der Waals surface area contributed by atoms with Gasteiger partial charge >= 0.3 is 0 Å². The van der Waals surface area contributed by atoms with E-state index in [1.165, 1.54) is 31.0 Å². The Morgan fingerprint density at radius 1 is 0.974 bits per heavy atom. The van der Waals surface area contributed by atoms with E-state index in [1.807, 2.05) is 37.4 Å². The molecule has 11 heteroatoms. The number of pyridine rings is 1. The van der Waals surface area contributed by atoms with Gasteiger partial charge in [0.1, 0.15) is 10.7 Å². The van der Waals surface area contributed by atoms with Crippen LogP contribution in [0.25, 0.3) is 22.0 Å². The summed E-state index contributed by atoms with van der Waals surface area (Å²) in [6.07, 6.45) is 6.38. The molecule has 2 aromatic carbocycles. The van der Waals surface area contributed by atoms with E-state index in [0.717, 1.165) is 34.9 Å². The van der Waals surface area contributed by atoms with Crippen molar-refractivity contribution in [3.8, 4) is 11.1 Å². The quantitative estimate of drug-likeness (QED) is 0.259. The van der Waals surface area contributed by atoms with Crippen LogP contribution >= 0.6 is 23.2 Å². The molecule has 1 aliphatic rings. The molecule has 2 heterocycles. The van der Waals surface area contributed by atoms with Gasteiger partial charge in [0, 0.05) is 34.9 Å². The molecule has 0 aliphatic heterocycles. The Hall–Kier alpha value is -2.98. The number of hydrogen-bond acceptors (Lipinski definition) is 7. The lowest BCUT2D eigenvalue weighted by Crippen LogP contribution is -2.36. The molecular formula is C28H30Cl2N6O2S. The average molecular weight is 586 g/mol. The summed E-state index contributed by atoms with van der Waals surface area (Å²) in [6.45, 7) is 1.83. The van der Waals surface area contributed by atoms with Crippen LogP contribution in [0.3, 0.4) is 0 Å². The SMILES string of the molecule is Cc1nc(NS(=O)(=O)c2cccc(Cl)c2Cl)ccc1-c1ccc2nc(NC3CCC(N(C)C)CC3)ncc2c1. The lowest BCUT2D eigenvalue weighted by Gasteiger charge is -2.32. The molecule has 0 radical (unpaired) electrons. The van der Waals surface area contributed by atoms with Crippen LogP contribution in [0.4, 0.5) is 11.8 Å². The Labute approximate surface area is 238 Å². The zero-order valence-corrected chi connectivity index (χ0v) is 24.3. The van der Waals surface area contributed by atoms with Gasteiger partial charge in [-0.05, 0) is 88.7 Å². The number of benzene rings is 2. The number of fused-ring (bicyclic) bond motifs is 1. The first-order valence-electron chi connectivity index (χ1n) is 12.8. The molecule has 4 aromatic rings. The van der Waals surface area contributed by atoms with Crippen molar-refractivity contribution in [3.63, 3.8) is 0 Å². The second kappa shape index (κ2) is 11.3. The molecule has 0 bridgehead atoms. The van der Waals surface area contributed by atoms with Crippen molar-refractivity contribution in [1.29, 1.82) is 0 Å². The molecule has 0 spiro atoms.